The second-order valence-electron chi connectivity index (χ2n) is 4.76. The molecule has 0 amide bonds. The molecular formula is C13H23IN6. The molecule has 0 bridgehead atoms. The fraction of sp³-hybridized carbons (Fsp3) is 0.615. The monoisotopic (exact) mass is 390 g/mol. The van der Waals surface area contributed by atoms with Crippen molar-refractivity contribution in [3.8, 4) is 0 Å². The number of hydrogen-bond donors (Lipinski definition) is 3. The first-order chi connectivity index (χ1) is 9.34. The Balaban J connectivity index is 0.00000200. The van der Waals surface area contributed by atoms with E-state index in [4.69, 9.17) is 5.73 Å². The molecule has 0 unspecified atom stereocenters. The highest BCUT2D eigenvalue weighted by Gasteiger charge is 2.12. The van der Waals surface area contributed by atoms with Crippen LogP contribution < -0.4 is 16.4 Å². The fourth-order valence-electron chi connectivity index (χ4n) is 2.25. The first-order valence-electron chi connectivity index (χ1n) is 6.91. The predicted molar refractivity (Wildman–Crippen MR) is 92.4 cm³/mol. The van der Waals surface area contributed by atoms with E-state index < -0.39 is 0 Å². The van der Waals surface area contributed by atoms with Crippen molar-refractivity contribution >= 4 is 35.8 Å². The second-order valence-corrected chi connectivity index (χ2v) is 4.76. The quantitative estimate of drug-likeness (QED) is 0.309. The van der Waals surface area contributed by atoms with Gasteiger partial charge in [0.25, 0.3) is 0 Å². The van der Waals surface area contributed by atoms with Gasteiger partial charge in [0.2, 0.25) is 0 Å². The van der Waals surface area contributed by atoms with E-state index in [0.717, 1.165) is 5.82 Å². The van der Waals surface area contributed by atoms with E-state index in [0.29, 0.717) is 25.1 Å². The minimum absolute atomic E-state index is 0. The van der Waals surface area contributed by atoms with E-state index in [2.05, 4.69) is 25.6 Å². The topological polar surface area (TPSA) is 88.2 Å². The van der Waals surface area contributed by atoms with Gasteiger partial charge in [-0.05, 0) is 12.8 Å². The van der Waals surface area contributed by atoms with Crippen LogP contribution in [-0.4, -0.2) is 35.1 Å². The summed E-state index contributed by atoms with van der Waals surface area (Å²) in [6, 6.07) is 0.505. The molecule has 2 rings (SSSR count). The van der Waals surface area contributed by atoms with Crippen LogP contribution in [-0.2, 0) is 0 Å². The zero-order valence-electron chi connectivity index (χ0n) is 11.6. The van der Waals surface area contributed by atoms with Crippen molar-refractivity contribution in [3.63, 3.8) is 0 Å². The molecule has 0 atom stereocenters. The van der Waals surface area contributed by atoms with E-state index in [1.807, 2.05) is 0 Å². The highest BCUT2D eigenvalue weighted by atomic mass is 127. The van der Waals surface area contributed by atoms with Crippen LogP contribution in [0.25, 0.3) is 0 Å². The van der Waals surface area contributed by atoms with Gasteiger partial charge in [-0.3, -0.25) is 9.98 Å². The third kappa shape index (κ3) is 6.36. The average molecular weight is 390 g/mol. The van der Waals surface area contributed by atoms with Crippen LogP contribution >= 0.6 is 24.0 Å². The molecule has 0 aliphatic heterocycles. The summed E-state index contributed by atoms with van der Waals surface area (Å²) in [4.78, 5) is 12.4. The van der Waals surface area contributed by atoms with Crippen molar-refractivity contribution in [2.75, 3.05) is 18.4 Å². The zero-order chi connectivity index (χ0) is 13.3. The summed E-state index contributed by atoms with van der Waals surface area (Å²) in [5.41, 5.74) is 5.87. The number of anilines is 1. The maximum Gasteiger partial charge on any atom is 0.188 e. The van der Waals surface area contributed by atoms with E-state index in [-0.39, 0.29) is 24.0 Å². The van der Waals surface area contributed by atoms with Crippen LogP contribution in [0.2, 0.25) is 0 Å². The normalized spacial score (nSPS) is 16.3. The van der Waals surface area contributed by atoms with Gasteiger partial charge in [-0.2, -0.15) is 0 Å². The first-order valence-corrected chi connectivity index (χ1v) is 6.91. The van der Waals surface area contributed by atoms with Crippen LogP contribution in [0.1, 0.15) is 32.1 Å². The van der Waals surface area contributed by atoms with Crippen LogP contribution in [0, 0.1) is 0 Å². The second kappa shape index (κ2) is 9.73. The Morgan fingerprint density at radius 3 is 2.80 bits per heavy atom. The number of hydrogen-bond acceptors (Lipinski definition) is 4. The van der Waals surface area contributed by atoms with Gasteiger partial charge in [-0.25, -0.2) is 4.98 Å². The van der Waals surface area contributed by atoms with E-state index in [9.17, 15) is 0 Å². The summed E-state index contributed by atoms with van der Waals surface area (Å²) in [6.45, 7) is 1.33. The summed E-state index contributed by atoms with van der Waals surface area (Å²) < 4.78 is 0. The van der Waals surface area contributed by atoms with Crippen LogP contribution in [0.15, 0.2) is 23.6 Å². The Bertz CT molecular complexity index is 391. The number of aromatic nitrogens is 2. The summed E-state index contributed by atoms with van der Waals surface area (Å²) in [5.74, 6) is 1.31. The van der Waals surface area contributed by atoms with Gasteiger partial charge in [0.05, 0.1) is 12.7 Å². The largest absolute Gasteiger partial charge is 0.370 e. The van der Waals surface area contributed by atoms with Crippen LogP contribution in [0.4, 0.5) is 5.82 Å². The number of rotatable bonds is 5. The maximum absolute atomic E-state index is 5.87. The number of nitrogens with two attached hydrogens (primary N) is 1. The molecule has 0 aromatic carbocycles. The fourth-order valence-corrected chi connectivity index (χ4v) is 2.25. The summed E-state index contributed by atoms with van der Waals surface area (Å²) in [5, 5.41) is 6.43. The number of nitrogens with one attached hydrogen (secondary N) is 2. The highest BCUT2D eigenvalue weighted by molar-refractivity contribution is 14.0. The van der Waals surface area contributed by atoms with E-state index >= 15 is 0 Å². The molecule has 4 N–H and O–H groups in total. The molecular weight excluding hydrogens is 367 g/mol. The molecule has 1 aliphatic rings. The molecule has 1 aromatic heterocycles. The SMILES string of the molecule is I.NC(=NCCNc1cnccn1)NC1CCCCC1. The molecule has 0 radical (unpaired) electrons. The van der Waals surface area contributed by atoms with Crippen molar-refractivity contribution in [1.29, 1.82) is 0 Å². The molecule has 20 heavy (non-hydrogen) atoms. The molecule has 1 saturated carbocycles. The van der Waals surface area contributed by atoms with Gasteiger partial charge in [0.1, 0.15) is 5.82 Å². The number of nitrogens with zero attached hydrogens (tertiary/aromatic N) is 3. The van der Waals surface area contributed by atoms with Gasteiger partial charge < -0.3 is 16.4 Å². The Morgan fingerprint density at radius 1 is 1.30 bits per heavy atom. The van der Waals surface area contributed by atoms with E-state index in [1.54, 1.807) is 18.6 Å². The van der Waals surface area contributed by atoms with E-state index in [1.165, 1.54) is 32.1 Å². The third-order valence-corrected chi connectivity index (χ3v) is 3.22. The van der Waals surface area contributed by atoms with Crippen molar-refractivity contribution < 1.29 is 0 Å². The Kier molecular flexibility index (Phi) is 8.24. The van der Waals surface area contributed by atoms with Crippen LogP contribution in [0.5, 0.6) is 0 Å². The lowest BCUT2D eigenvalue weighted by Crippen LogP contribution is -2.41. The van der Waals surface area contributed by atoms with Gasteiger partial charge in [0.15, 0.2) is 5.96 Å². The van der Waals surface area contributed by atoms with Gasteiger partial charge >= 0.3 is 0 Å². The Labute approximate surface area is 137 Å². The molecule has 1 aliphatic carbocycles. The lowest BCUT2D eigenvalue weighted by atomic mass is 9.96. The smallest absolute Gasteiger partial charge is 0.188 e. The lowest BCUT2D eigenvalue weighted by molar-refractivity contribution is 0.412. The average Bonchev–Trinajstić information content (AvgIpc) is 2.46. The lowest BCUT2D eigenvalue weighted by Gasteiger charge is -2.23. The molecule has 6 nitrogen and oxygen atoms in total. The third-order valence-electron chi connectivity index (χ3n) is 3.22. The van der Waals surface area contributed by atoms with Gasteiger partial charge in [0, 0.05) is 25.0 Å². The van der Waals surface area contributed by atoms with Crippen molar-refractivity contribution in [2.24, 2.45) is 10.7 Å². The van der Waals surface area contributed by atoms with Crippen molar-refractivity contribution in [3.05, 3.63) is 18.6 Å². The number of aliphatic imine (C=N–C) groups is 1. The number of guanidine groups is 1. The first kappa shape index (κ1) is 16.9. The summed E-state index contributed by atoms with van der Waals surface area (Å²) in [6.07, 6.45) is 11.3. The molecule has 112 valence electrons. The molecule has 1 aromatic rings. The molecule has 1 fully saturated rings. The van der Waals surface area contributed by atoms with Gasteiger partial charge in [-0.1, -0.05) is 19.3 Å². The van der Waals surface area contributed by atoms with Crippen molar-refractivity contribution in [1.82, 2.24) is 15.3 Å². The molecule has 0 saturated heterocycles. The number of halogens is 1. The van der Waals surface area contributed by atoms with Crippen LogP contribution in [0.3, 0.4) is 0 Å². The molecule has 7 heteroatoms. The Morgan fingerprint density at radius 2 is 2.10 bits per heavy atom. The van der Waals surface area contributed by atoms with Crippen molar-refractivity contribution in [2.45, 2.75) is 38.1 Å². The summed E-state index contributed by atoms with van der Waals surface area (Å²) in [7, 11) is 0. The molecule has 0 spiro atoms. The summed E-state index contributed by atoms with van der Waals surface area (Å²) >= 11 is 0. The standard InChI is InChI=1S/C13H22N6.HI/c14-13(19-11-4-2-1-3-5-11)18-9-8-17-12-10-15-6-7-16-12;/h6-7,10-11H,1-5,8-9H2,(H,16,17)(H3,14,18,19);1H. The Hall–Kier alpha value is -1.12. The minimum atomic E-state index is 0. The molecule has 1 heterocycles. The predicted octanol–water partition coefficient (Wildman–Crippen LogP) is 1.74. The van der Waals surface area contributed by atoms with Gasteiger partial charge in [-0.15, -0.1) is 24.0 Å². The zero-order valence-corrected chi connectivity index (χ0v) is 13.9. The highest BCUT2D eigenvalue weighted by Crippen LogP contribution is 2.16. The maximum atomic E-state index is 5.87. The minimum Gasteiger partial charge on any atom is -0.370 e.